The summed E-state index contributed by atoms with van der Waals surface area (Å²) in [7, 11) is -2.10. The van der Waals surface area contributed by atoms with Crippen LogP contribution in [0.15, 0.2) is 29.2 Å². The van der Waals surface area contributed by atoms with Gasteiger partial charge in [0.1, 0.15) is 5.00 Å². The molecule has 0 aliphatic carbocycles. The molecule has 0 bridgehead atoms. The van der Waals surface area contributed by atoms with Gasteiger partial charge in [-0.05, 0) is 43.1 Å². The maximum Gasteiger partial charge on any atom is 0.341 e. The summed E-state index contributed by atoms with van der Waals surface area (Å²) in [4.78, 5) is 28.8. The van der Waals surface area contributed by atoms with E-state index in [0.717, 1.165) is 42.9 Å². The minimum absolute atomic E-state index is 0. The van der Waals surface area contributed by atoms with E-state index >= 15 is 0 Å². The molecular formula is C21H27ClN2O5S2. The van der Waals surface area contributed by atoms with Crippen molar-refractivity contribution in [3.63, 3.8) is 0 Å². The number of ether oxygens (including phenoxy) is 1. The number of halogens is 1. The molecule has 7 nitrogen and oxygen atoms in total. The van der Waals surface area contributed by atoms with E-state index in [0.29, 0.717) is 10.6 Å². The van der Waals surface area contributed by atoms with Crippen LogP contribution in [-0.2, 0) is 27.5 Å². The Kier molecular flexibility index (Phi) is 8.65. The van der Waals surface area contributed by atoms with Crippen molar-refractivity contribution in [3.05, 3.63) is 45.8 Å². The van der Waals surface area contributed by atoms with Crippen LogP contribution in [0.2, 0.25) is 0 Å². The van der Waals surface area contributed by atoms with Crippen molar-refractivity contribution in [2.45, 2.75) is 38.1 Å². The Labute approximate surface area is 193 Å². The van der Waals surface area contributed by atoms with Gasteiger partial charge in [0.15, 0.2) is 9.84 Å². The van der Waals surface area contributed by atoms with Crippen molar-refractivity contribution < 1.29 is 22.7 Å². The first-order valence-electron chi connectivity index (χ1n) is 9.90. The van der Waals surface area contributed by atoms with Crippen LogP contribution in [0.1, 0.15) is 51.4 Å². The summed E-state index contributed by atoms with van der Waals surface area (Å²) in [5.41, 5.74) is 1.55. The maximum absolute atomic E-state index is 12.9. The summed E-state index contributed by atoms with van der Waals surface area (Å²) >= 11 is 1.38. The predicted octanol–water partition coefficient (Wildman–Crippen LogP) is 3.77. The van der Waals surface area contributed by atoms with Crippen molar-refractivity contribution in [1.29, 1.82) is 0 Å². The number of hydrogen-bond acceptors (Lipinski definition) is 7. The molecule has 1 aromatic carbocycles. The fraction of sp³-hybridized carbons (Fsp3) is 0.429. The van der Waals surface area contributed by atoms with Crippen LogP contribution in [-0.4, -0.2) is 51.1 Å². The number of sulfone groups is 1. The Morgan fingerprint density at radius 3 is 2.65 bits per heavy atom. The highest BCUT2D eigenvalue weighted by Crippen LogP contribution is 2.38. The summed E-state index contributed by atoms with van der Waals surface area (Å²) in [5.74, 6) is -0.984. The number of thiophene rings is 1. The molecule has 0 saturated carbocycles. The monoisotopic (exact) mass is 486 g/mol. The number of nitrogens with one attached hydrogen (secondary N) is 1. The Bertz CT molecular complexity index is 1070. The molecule has 0 unspecified atom stereocenters. The van der Waals surface area contributed by atoms with Gasteiger partial charge in [0.2, 0.25) is 0 Å². The molecule has 0 saturated heterocycles. The summed E-state index contributed by atoms with van der Waals surface area (Å²) < 4.78 is 29.2. The lowest BCUT2D eigenvalue weighted by molar-refractivity contribution is 0.0600. The highest BCUT2D eigenvalue weighted by molar-refractivity contribution is 7.91. The summed E-state index contributed by atoms with van der Waals surface area (Å²) in [6, 6.07) is 5.93. The van der Waals surface area contributed by atoms with Crippen LogP contribution in [0.3, 0.4) is 0 Å². The maximum atomic E-state index is 12.9. The van der Waals surface area contributed by atoms with Crippen molar-refractivity contribution in [3.8, 4) is 0 Å². The van der Waals surface area contributed by atoms with Crippen LogP contribution in [0.4, 0.5) is 5.00 Å². The third-order valence-electron chi connectivity index (χ3n) is 5.13. The molecule has 170 valence electrons. The van der Waals surface area contributed by atoms with Gasteiger partial charge in [-0.15, -0.1) is 23.7 Å². The third kappa shape index (κ3) is 5.46. The molecule has 3 rings (SSSR count). The van der Waals surface area contributed by atoms with Crippen LogP contribution < -0.4 is 5.32 Å². The molecule has 1 aliphatic heterocycles. The molecule has 0 spiro atoms. The number of amides is 1. The van der Waals surface area contributed by atoms with Gasteiger partial charge in [0.25, 0.3) is 5.91 Å². The number of fused-ring (bicyclic) bond motifs is 1. The van der Waals surface area contributed by atoms with Gasteiger partial charge in [0.05, 0.1) is 23.3 Å². The highest BCUT2D eigenvalue weighted by atomic mass is 35.5. The quantitative estimate of drug-likeness (QED) is 0.599. The zero-order valence-electron chi connectivity index (χ0n) is 17.8. The number of hydrogen-bond donors (Lipinski definition) is 1. The summed E-state index contributed by atoms with van der Waals surface area (Å²) in [6.45, 7) is 6.25. The Hall–Kier alpha value is -1.94. The fourth-order valence-corrected chi connectivity index (χ4v) is 5.74. The number of nitrogens with zero attached hydrogens (tertiary/aromatic N) is 1. The smallest absolute Gasteiger partial charge is 0.341 e. The molecule has 1 aliphatic rings. The average molecular weight is 487 g/mol. The van der Waals surface area contributed by atoms with E-state index in [2.05, 4.69) is 17.1 Å². The van der Waals surface area contributed by atoms with Crippen molar-refractivity contribution >= 4 is 50.5 Å². The second kappa shape index (κ2) is 10.6. The van der Waals surface area contributed by atoms with E-state index < -0.39 is 21.7 Å². The van der Waals surface area contributed by atoms with E-state index in [1.807, 2.05) is 0 Å². The lowest BCUT2D eigenvalue weighted by atomic mass is 10.0. The second-order valence-corrected chi connectivity index (χ2v) is 10.5. The molecule has 0 fully saturated rings. The first kappa shape index (κ1) is 25.3. The largest absolute Gasteiger partial charge is 0.465 e. The molecule has 0 atom stereocenters. The van der Waals surface area contributed by atoms with Gasteiger partial charge in [-0.3, -0.25) is 9.69 Å². The Balaban J connectivity index is 0.00000341. The van der Waals surface area contributed by atoms with Crippen molar-refractivity contribution in [1.82, 2.24) is 4.90 Å². The molecule has 31 heavy (non-hydrogen) atoms. The molecule has 1 aromatic heterocycles. The zero-order valence-corrected chi connectivity index (χ0v) is 20.2. The number of methoxy groups -OCH3 is 1. The lowest BCUT2D eigenvalue weighted by Crippen LogP contribution is -2.30. The molecular weight excluding hydrogens is 460 g/mol. The molecule has 1 amide bonds. The van der Waals surface area contributed by atoms with Crippen molar-refractivity contribution in [2.24, 2.45) is 0 Å². The van der Waals surface area contributed by atoms with E-state index in [9.17, 15) is 18.0 Å². The van der Waals surface area contributed by atoms with Gasteiger partial charge in [-0.1, -0.05) is 19.9 Å². The Morgan fingerprint density at radius 1 is 1.26 bits per heavy atom. The lowest BCUT2D eigenvalue weighted by Gasteiger charge is -2.26. The van der Waals surface area contributed by atoms with Crippen LogP contribution in [0.5, 0.6) is 0 Å². The Morgan fingerprint density at radius 2 is 2.00 bits per heavy atom. The first-order valence-corrected chi connectivity index (χ1v) is 12.4. The standard InChI is InChI=1S/C21H26N2O5S2.ClH/c1-4-10-23-11-9-16-17(13-23)29-20(18(16)21(25)28-3)22-19(24)14-7-6-8-15(12-14)30(26,27)5-2;/h6-8,12H,4-5,9-11,13H2,1-3H3,(H,22,24);1H. The minimum Gasteiger partial charge on any atom is -0.465 e. The number of benzene rings is 1. The first-order chi connectivity index (χ1) is 14.3. The normalized spacial score (nSPS) is 13.8. The molecule has 0 radical (unpaired) electrons. The highest BCUT2D eigenvalue weighted by Gasteiger charge is 2.29. The summed E-state index contributed by atoms with van der Waals surface area (Å²) in [5, 5.41) is 3.25. The van der Waals surface area contributed by atoms with Gasteiger partial charge in [-0.2, -0.15) is 0 Å². The van der Waals surface area contributed by atoms with Gasteiger partial charge >= 0.3 is 5.97 Å². The number of esters is 1. The second-order valence-electron chi connectivity index (χ2n) is 7.11. The zero-order chi connectivity index (χ0) is 21.9. The van der Waals surface area contributed by atoms with Crippen LogP contribution in [0, 0.1) is 0 Å². The van der Waals surface area contributed by atoms with Crippen molar-refractivity contribution in [2.75, 3.05) is 31.3 Å². The number of anilines is 1. The van der Waals surface area contributed by atoms with E-state index in [1.165, 1.54) is 30.6 Å². The predicted molar refractivity (Wildman–Crippen MR) is 124 cm³/mol. The number of rotatable bonds is 7. The topological polar surface area (TPSA) is 92.8 Å². The molecule has 2 aromatic rings. The van der Waals surface area contributed by atoms with Gasteiger partial charge < -0.3 is 10.1 Å². The summed E-state index contributed by atoms with van der Waals surface area (Å²) in [6.07, 6.45) is 1.77. The molecule has 1 N–H and O–H groups in total. The van der Waals surface area contributed by atoms with E-state index in [4.69, 9.17) is 4.74 Å². The number of carbonyl (C=O) groups is 2. The number of carbonyl (C=O) groups excluding carboxylic acids is 2. The fourth-order valence-electron chi connectivity index (χ4n) is 3.54. The van der Waals surface area contributed by atoms with Crippen LogP contribution in [0.25, 0.3) is 0 Å². The van der Waals surface area contributed by atoms with Crippen LogP contribution >= 0.6 is 23.7 Å². The third-order valence-corrected chi connectivity index (χ3v) is 7.99. The SMILES string of the molecule is CCCN1CCc2c(sc(NC(=O)c3cccc(S(=O)(=O)CC)c3)c2C(=O)OC)C1.Cl. The van der Waals surface area contributed by atoms with Gasteiger partial charge in [0, 0.05) is 23.5 Å². The molecule has 10 heteroatoms. The minimum atomic E-state index is -3.42. The average Bonchev–Trinajstić information content (AvgIpc) is 3.10. The van der Waals surface area contributed by atoms with E-state index in [-0.39, 0.29) is 28.6 Å². The molecule has 2 heterocycles. The van der Waals surface area contributed by atoms with E-state index in [1.54, 1.807) is 19.1 Å². The van der Waals surface area contributed by atoms with Gasteiger partial charge in [-0.25, -0.2) is 13.2 Å².